The second kappa shape index (κ2) is 6.08. The van der Waals surface area contributed by atoms with E-state index in [0.29, 0.717) is 0 Å². The maximum absolute atomic E-state index is 12.1. The fourth-order valence-corrected chi connectivity index (χ4v) is 3.99. The Morgan fingerprint density at radius 1 is 1.53 bits per heavy atom. The molecule has 0 aromatic heterocycles. The summed E-state index contributed by atoms with van der Waals surface area (Å²) >= 11 is 8.88. The Labute approximate surface area is 124 Å². The van der Waals surface area contributed by atoms with E-state index in [-0.39, 0.29) is 26.5 Å². The third kappa shape index (κ3) is 4.34. The Hall–Kier alpha value is -0.830. The van der Waals surface area contributed by atoms with Gasteiger partial charge in [0, 0.05) is 23.2 Å². The summed E-state index contributed by atoms with van der Waals surface area (Å²) in [5.41, 5.74) is 10.8. The summed E-state index contributed by atoms with van der Waals surface area (Å²) in [6.07, 6.45) is -0.104. The van der Waals surface area contributed by atoms with E-state index < -0.39 is 22.0 Å². The number of hydrogen-bond donors (Lipinski definition) is 3. The average Bonchev–Trinajstić information content (AvgIpc) is 2.20. The van der Waals surface area contributed by atoms with Crippen LogP contribution in [0.1, 0.15) is 13.3 Å². The highest BCUT2D eigenvalue weighted by molar-refractivity contribution is 9.10. The van der Waals surface area contributed by atoms with E-state index >= 15 is 0 Å². The minimum Gasteiger partial charge on any atom is -0.398 e. The number of carbonyl (C=O) groups excluding carboxylic acids is 1. The Balaban J connectivity index is 3.11. The van der Waals surface area contributed by atoms with Crippen molar-refractivity contribution in [2.45, 2.75) is 24.3 Å². The molecule has 0 aliphatic heterocycles. The zero-order chi connectivity index (χ0) is 14.8. The highest BCUT2D eigenvalue weighted by Crippen LogP contribution is 2.31. The standard InChI is InChI=1S/C10H13BrClN3O3S/c1-5(2-9(14)16)15-19(17,18)8-4-6(12)3-7(13)10(8)11/h3-5,15H,2,13H2,1H3,(H2,14,16). The molecule has 0 spiro atoms. The fraction of sp³-hybridized carbons (Fsp3) is 0.300. The molecule has 1 amide bonds. The topological polar surface area (TPSA) is 115 Å². The maximum atomic E-state index is 12.1. The van der Waals surface area contributed by atoms with Gasteiger partial charge in [-0.25, -0.2) is 13.1 Å². The minimum absolute atomic E-state index is 0.0891. The van der Waals surface area contributed by atoms with Crippen molar-refractivity contribution >= 4 is 49.1 Å². The largest absolute Gasteiger partial charge is 0.398 e. The summed E-state index contributed by atoms with van der Waals surface area (Å²) in [5.74, 6) is -0.597. The number of sulfonamides is 1. The first-order chi connectivity index (χ1) is 8.63. The normalized spacial score (nSPS) is 13.2. The van der Waals surface area contributed by atoms with Gasteiger partial charge in [0.15, 0.2) is 0 Å². The SMILES string of the molecule is CC(CC(N)=O)NS(=O)(=O)c1cc(Cl)cc(N)c1Br. The van der Waals surface area contributed by atoms with E-state index in [1.165, 1.54) is 19.1 Å². The zero-order valence-electron chi connectivity index (χ0n) is 9.98. The number of nitrogen functional groups attached to an aromatic ring is 1. The van der Waals surface area contributed by atoms with Crippen molar-refractivity contribution in [3.63, 3.8) is 0 Å². The first-order valence-electron chi connectivity index (χ1n) is 5.18. The summed E-state index contributed by atoms with van der Waals surface area (Å²) in [7, 11) is -3.85. The van der Waals surface area contributed by atoms with Gasteiger partial charge in [-0.05, 0) is 35.0 Å². The van der Waals surface area contributed by atoms with Crippen molar-refractivity contribution in [2.75, 3.05) is 5.73 Å². The van der Waals surface area contributed by atoms with E-state index in [1.807, 2.05) is 0 Å². The lowest BCUT2D eigenvalue weighted by Gasteiger charge is -2.14. The molecule has 1 aromatic carbocycles. The van der Waals surface area contributed by atoms with E-state index in [0.717, 1.165) is 0 Å². The molecule has 1 rings (SSSR count). The first-order valence-corrected chi connectivity index (χ1v) is 7.84. The second-order valence-corrected chi connectivity index (χ2v) is 6.91. The predicted octanol–water partition coefficient (Wildman–Crippen LogP) is 1.23. The van der Waals surface area contributed by atoms with Crippen LogP contribution < -0.4 is 16.2 Å². The van der Waals surface area contributed by atoms with Gasteiger partial charge in [-0.1, -0.05) is 11.6 Å². The van der Waals surface area contributed by atoms with Crippen molar-refractivity contribution in [1.29, 1.82) is 0 Å². The number of nitrogens with one attached hydrogen (secondary N) is 1. The lowest BCUT2D eigenvalue weighted by atomic mass is 10.2. The number of hydrogen-bond acceptors (Lipinski definition) is 4. The molecule has 106 valence electrons. The minimum atomic E-state index is -3.85. The van der Waals surface area contributed by atoms with Crippen LogP contribution in [0, 0.1) is 0 Å². The average molecular weight is 371 g/mol. The number of halogens is 2. The van der Waals surface area contributed by atoms with Crippen molar-refractivity contribution in [3.05, 3.63) is 21.6 Å². The molecule has 0 bridgehead atoms. The van der Waals surface area contributed by atoms with Gasteiger partial charge in [0.05, 0.1) is 9.37 Å². The van der Waals surface area contributed by atoms with Crippen molar-refractivity contribution < 1.29 is 13.2 Å². The van der Waals surface area contributed by atoms with Crippen LogP contribution in [0.5, 0.6) is 0 Å². The van der Waals surface area contributed by atoms with Gasteiger partial charge in [0.2, 0.25) is 15.9 Å². The molecule has 1 aromatic rings. The van der Waals surface area contributed by atoms with Crippen LogP contribution in [0.2, 0.25) is 5.02 Å². The van der Waals surface area contributed by atoms with Crippen LogP contribution in [0.4, 0.5) is 5.69 Å². The third-order valence-electron chi connectivity index (χ3n) is 2.19. The van der Waals surface area contributed by atoms with Crippen LogP contribution in [0.15, 0.2) is 21.5 Å². The van der Waals surface area contributed by atoms with Gasteiger partial charge >= 0.3 is 0 Å². The van der Waals surface area contributed by atoms with Crippen LogP contribution in [0.25, 0.3) is 0 Å². The van der Waals surface area contributed by atoms with E-state index in [1.54, 1.807) is 0 Å². The Kier molecular flexibility index (Phi) is 5.19. The molecule has 6 nitrogen and oxygen atoms in total. The summed E-state index contributed by atoms with van der Waals surface area (Å²) < 4.78 is 26.8. The highest BCUT2D eigenvalue weighted by atomic mass is 79.9. The molecule has 1 unspecified atom stereocenters. The molecular formula is C10H13BrClN3O3S. The molecule has 0 aliphatic carbocycles. The van der Waals surface area contributed by atoms with Gasteiger partial charge < -0.3 is 11.5 Å². The number of anilines is 1. The molecule has 9 heteroatoms. The van der Waals surface area contributed by atoms with Gasteiger partial charge in [0.25, 0.3) is 0 Å². The number of benzene rings is 1. The fourth-order valence-electron chi connectivity index (χ4n) is 1.45. The van der Waals surface area contributed by atoms with Crippen LogP contribution in [-0.4, -0.2) is 20.4 Å². The van der Waals surface area contributed by atoms with Crippen LogP contribution in [-0.2, 0) is 14.8 Å². The van der Waals surface area contributed by atoms with Gasteiger partial charge in [-0.3, -0.25) is 4.79 Å². The van der Waals surface area contributed by atoms with Crippen molar-refractivity contribution in [1.82, 2.24) is 4.72 Å². The molecular weight excluding hydrogens is 358 g/mol. The zero-order valence-corrected chi connectivity index (χ0v) is 13.1. The Morgan fingerprint density at radius 3 is 2.63 bits per heavy atom. The summed E-state index contributed by atoms with van der Waals surface area (Å²) in [6.45, 7) is 1.53. The first kappa shape index (κ1) is 16.2. The van der Waals surface area contributed by atoms with Crippen molar-refractivity contribution in [2.24, 2.45) is 5.73 Å². The van der Waals surface area contributed by atoms with E-state index in [2.05, 4.69) is 20.7 Å². The smallest absolute Gasteiger partial charge is 0.242 e. The molecule has 0 aliphatic rings. The Morgan fingerprint density at radius 2 is 2.11 bits per heavy atom. The number of primary amides is 1. The molecule has 0 heterocycles. The molecule has 0 saturated carbocycles. The molecule has 5 N–H and O–H groups in total. The maximum Gasteiger partial charge on any atom is 0.242 e. The van der Waals surface area contributed by atoms with Gasteiger partial charge in [0.1, 0.15) is 0 Å². The predicted molar refractivity (Wildman–Crippen MR) is 77.2 cm³/mol. The van der Waals surface area contributed by atoms with Crippen LogP contribution >= 0.6 is 27.5 Å². The van der Waals surface area contributed by atoms with E-state index in [9.17, 15) is 13.2 Å². The monoisotopic (exact) mass is 369 g/mol. The summed E-state index contributed by atoms with van der Waals surface area (Å²) in [4.78, 5) is 10.7. The summed E-state index contributed by atoms with van der Waals surface area (Å²) in [6, 6.07) is 2.06. The number of rotatable bonds is 5. The molecule has 0 radical (unpaired) electrons. The number of carbonyl (C=O) groups is 1. The van der Waals surface area contributed by atoms with Crippen molar-refractivity contribution in [3.8, 4) is 0 Å². The molecule has 0 fully saturated rings. The summed E-state index contributed by atoms with van der Waals surface area (Å²) in [5, 5.41) is 0.198. The highest BCUT2D eigenvalue weighted by Gasteiger charge is 2.22. The molecule has 19 heavy (non-hydrogen) atoms. The number of nitrogens with two attached hydrogens (primary N) is 2. The second-order valence-electron chi connectivity index (χ2n) is 4.00. The lowest BCUT2D eigenvalue weighted by molar-refractivity contribution is -0.118. The third-order valence-corrected chi connectivity index (χ3v) is 5.16. The molecule has 1 atom stereocenters. The van der Waals surface area contributed by atoms with E-state index in [4.69, 9.17) is 23.1 Å². The lowest BCUT2D eigenvalue weighted by Crippen LogP contribution is -2.35. The van der Waals surface area contributed by atoms with Gasteiger partial charge in [-0.15, -0.1) is 0 Å². The van der Waals surface area contributed by atoms with Gasteiger partial charge in [-0.2, -0.15) is 0 Å². The van der Waals surface area contributed by atoms with Crippen LogP contribution in [0.3, 0.4) is 0 Å². The number of amides is 1. The Bertz CT molecular complexity index is 606. The quantitative estimate of drug-likeness (QED) is 0.676. The molecule has 0 saturated heterocycles.